The third-order valence-corrected chi connectivity index (χ3v) is 3.10. The van der Waals surface area contributed by atoms with Crippen molar-refractivity contribution in [3.05, 3.63) is 29.8 Å². The number of carbonyl (C=O) groups excluding carboxylic acids is 2. The van der Waals surface area contributed by atoms with Gasteiger partial charge in [-0.2, -0.15) is 0 Å². The largest absolute Gasteiger partial charge is 0.466 e. The number of hydrogen-bond donors (Lipinski definition) is 1. The standard InChI is InChI=1S/C17H25NO3/c1-3-4-5-12-21-17(20)11-7-10-16(19)18-15-9-6-8-14(2)13-15/h6,8-9,13H,3-5,7,10-12H2,1-2H3,(H,18,19). The zero-order valence-corrected chi connectivity index (χ0v) is 13.0. The zero-order valence-electron chi connectivity index (χ0n) is 13.0. The molecule has 0 aromatic heterocycles. The van der Waals surface area contributed by atoms with Gasteiger partial charge in [-0.1, -0.05) is 31.9 Å². The molecule has 4 nitrogen and oxygen atoms in total. The van der Waals surface area contributed by atoms with Crippen LogP contribution in [0, 0.1) is 6.92 Å². The summed E-state index contributed by atoms with van der Waals surface area (Å²) in [6, 6.07) is 7.65. The van der Waals surface area contributed by atoms with E-state index in [0.29, 0.717) is 25.9 Å². The van der Waals surface area contributed by atoms with Crippen molar-refractivity contribution in [2.75, 3.05) is 11.9 Å². The molecule has 0 aliphatic carbocycles. The monoisotopic (exact) mass is 291 g/mol. The zero-order chi connectivity index (χ0) is 15.5. The van der Waals surface area contributed by atoms with Gasteiger partial charge in [0.05, 0.1) is 6.61 Å². The second kappa shape index (κ2) is 9.97. The molecule has 0 fully saturated rings. The molecule has 0 aliphatic heterocycles. The van der Waals surface area contributed by atoms with E-state index in [4.69, 9.17) is 4.74 Å². The van der Waals surface area contributed by atoms with E-state index in [2.05, 4.69) is 12.2 Å². The molecular formula is C17H25NO3. The van der Waals surface area contributed by atoms with Crippen molar-refractivity contribution in [2.24, 2.45) is 0 Å². The Labute approximate surface area is 126 Å². The number of nitrogens with one attached hydrogen (secondary N) is 1. The van der Waals surface area contributed by atoms with Crippen LogP contribution in [0.5, 0.6) is 0 Å². The first kappa shape index (κ1) is 17.2. The van der Waals surface area contributed by atoms with E-state index in [9.17, 15) is 9.59 Å². The number of benzene rings is 1. The summed E-state index contributed by atoms with van der Waals surface area (Å²) in [6.45, 7) is 4.57. The van der Waals surface area contributed by atoms with Gasteiger partial charge in [-0.25, -0.2) is 0 Å². The van der Waals surface area contributed by atoms with Crippen LogP contribution in [0.3, 0.4) is 0 Å². The predicted octanol–water partition coefficient (Wildman–Crippen LogP) is 3.84. The normalized spacial score (nSPS) is 10.2. The smallest absolute Gasteiger partial charge is 0.305 e. The van der Waals surface area contributed by atoms with Gasteiger partial charge in [0, 0.05) is 18.5 Å². The minimum Gasteiger partial charge on any atom is -0.466 e. The molecule has 4 heteroatoms. The summed E-state index contributed by atoms with van der Waals surface area (Å²) >= 11 is 0. The maximum atomic E-state index is 11.7. The quantitative estimate of drug-likeness (QED) is 0.555. The first-order valence-electron chi connectivity index (χ1n) is 7.64. The average molecular weight is 291 g/mol. The highest BCUT2D eigenvalue weighted by atomic mass is 16.5. The molecule has 0 heterocycles. The molecule has 21 heavy (non-hydrogen) atoms. The molecule has 1 aromatic carbocycles. The highest BCUT2D eigenvalue weighted by Gasteiger charge is 2.06. The van der Waals surface area contributed by atoms with Crippen LogP contribution >= 0.6 is 0 Å². The van der Waals surface area contributed by atoms with E-state index in [-0.39, 0.29) is 11.9 Å². The van der Waals surface area contributed by atoms with Crippen LogP contribution in [-0.2, 0) is 14.3 Å². The van der Waals surface area contributed by atoms with Gasteiger partial charge in [-0.05, 0) is 37.5 Å². The van der Waals surface area contributed by atoms with Gasteiger partial charge in [0.1, 0.15) is 0 Å². The van der Waals surface area contributed by atoms with E-state index >= 15 is 0 Å². The van der Waals surface area contributed by atoms with Gasteiger partial charge >= 0.3 is 5.97 Å². The molecule has 0 bridgehead atoms. The van der Waals surface area contributed by atoms with Crippen molar-refractivity contribution in [1.82, 2.24) is 0 Å². The Balaban J connectivity index is 2.14. The summed E-state index contributed by atoms with van der Waals surface area (Å²) in [5.41, 5.74) is 1.89. The Hall–Kier alpha value is -1.84. The molecule has 1 aromatic rings. The second-order valence-electron chi connectivity index (χ2n) is 5.20. The number of unbranched alkanes of at least 4 members (excludes halogenated alkanes) is 2. The van der Waals surface area contributed by atoms with Crippen LogP contribution in [-0.4, -0.2) is 18.5 Å². The lowest BCUT2D eigenvalue weighted by Crippen LogP contribution is -2.13. The van der Waals surface area contributed by atoms with Crippen molar-refractivity contribution in [2.45, 2.75) is 52.4 Å². The van der Waals surface area contributed by atoms with Crippen LogP contribution in [0.1, 0.15) is 51.0 Å². The van der Waals surface area contributed by atoms with Crippen molar-refractivity contribution < 1.29 is 14.3 Å². The Kier molecular flexibility index (Phi) is 8.17. The Morgan fingerprint density at radius 2 is 1.95 bits per heavy atom. The number of amides is 1. The SMILES string of the molecule is CCCCCOC(=O)CCCC(=O)Nc1cccc(C)c1. The van der Waals surface area contributed by atoms with Crippen molar-refractivity contribution >= 4 is 17.6 Å². The first-order chi connectivity index (χ1) is 10.1. The lowest BCUT2D eigenvalue weighted by atomic mass is 10.2. The van der Waals surface area contributed by atoms with Gasteiger partial charge in [0.25, 0.3) is 0 Å². The number of esters is 1. The summed E-state index contributed by atoms with van der Waals surface area (Å²) in [5.74, 6) is -0.283. The molecule has 0 unspecified atom stereocenters. The van der Waals surface area contributed by atoms with Crippen LogP contribution in [0.15, 0.2) is 24.3 Å². The molecule has 0 atom stereocenters. The average Bonchev–Trinajstić information content (AvgIpc) is 2.43. The number of anilines is 1. The fraction of sp³-hybridized carbons (Fsp3) is 0.529. The minimum atomic E-state index is -0.213. The molecule has 1 amide bonds. The summed E-state index contributed by atoms with van der Waals surface area (Å²) in [7, 11) is 0. The molecule has 1 rings (SSSR count). The van der Waals surface area contributed by atoms with Crippen LogP contribution < -0.4 is 5.32 Å². The third kappa shape index (κ3) is 8.12. The van der Waals surface area contributed by atoms with E-state index in [1.807, 2.05) is 31.2 Å². The molecular weight excluding hydrogens is 266 g/mol. The van der Waals surface area contributed by atoms with Gasteiger partial charge in [-0.3, -0.25) is 9.59 Å². The Bertz CT molecular complexity index is 457. The number of carbonyl (C=O) groups is 2. The third-order valence-electron chi connectivity index (χ3n) is 3.10. The summed E-state index contributed by atoms with van der Waals surface area (Å²) < 4.78 is 5.09. The second-order valence-corrected chi connectivity index (χ2v) is 5.20. The Morgan fingerprint density at radius 1 is 1.14 bits per heavy atom. The van der Waals surface area contributed by atoms with Gasteiger partial charge < -0.3 is 10.1 Å². The summed E-state index contributed by atoms with van der Waals surface area (Å²) in [4.78, 5) is 23.2. The minimum absolute atomic E-state index is 0.0700. The topological polar surface area (TPSA) is 55.4 Å². The maximum Gasteiger partial charge on any atom is 0.305 e. The molecule has 1 N–H and O–H groups in total. The highest BCUT2D eigenvalue weighted by Crippen LogP contribution is 2.10. The summed E-state index contributed by atoms with van der Waals surface area (Å²) in [5, 5.41) is 2.83. The van der Waals surface area contributed by atoms with Gasteiger partial charge in [0.2, 0.25) is 5.91 Å². The van der Waals surface area contributed by atoms with E-state index < -0.39 is 0 Å². The molecule has 0 radical (unpaired) electrons. The van der Waals surface area contributed by atoms with E-state index in [0.717, 1.165) is 30.5 Å². The van der Waals surface area contributed by atoms with Crippen molar-refractivity contribution in [3.8, 4) is 0 Å². The van der Waals surface area contributed by atoms with Gasteiger partial charge in [0.15, 0.2) is 0 Å². The first-order valence-corrected chi connectivity index (χ1v) is 7.64. The molecule has 0 spiro atoms. The molecule has 0 aliphatic rings. The van der Waals surface area contributed by atoms with Crippen LogP contribution in [0.4, 0.5) is 5.69 Å². The lowest BCUT2D eigenvalue weighted by molar-refractivity contribution is -0.143. The molecule has 116 valence electrons. The number of ether oxygens (including phenoxy) is 1. The fourth-order valence-electron chi connectivity index (χ4n) is 1.95. The fourth-order valence-corrected chi connectivity index (χ4v) is 1.95. The molecule has 0 saturated heterocycles. The van der Waals surface area contributed by atoms with Crippen LogP contribution in [0.2, 0.25) is 0 Å². The van der Waals surface area contributed by atoms with Crippen molar-refractivity contribution in [3.63, 3.8) is 0 Å². The van der Waals surface area contributed by atoms with E-state index in [1.54, 1.807) is 0 Å². The van der Waals surface area contributed by atoms with Crippen molar-refractivity contribution in [1.29, 1.82) is 0 Å². The predicted molar refractivity (Wildman–Crippen MR) is 84.1 cm³/mol. The molecule has 0 saturated carbocycles. The number of aryl methyl sites for hydroxylation is 1. The van der Waals surface area contributed by atoms with E-state index in [1.165, 1.54) is 0 Å². The highest BCUT2D eigenvalue weighted by molar-refractivity contribution is 5.90. The number of rotatable bonds is 9. The van der Waals surface area contributed by atoms with Gasteiger partial charge in [-0.15, -0.1) is 0 Å². The lowest BCUT2D eigenvalue weighted by Gasteiger charge is -2.06. The number of hydrogen-bond acceptors (Lipinski definition) is 3. The maximum absolute atomic E-state index is 11.7. The summed E-state index contributed by atoms with van der Waals surface area (Å²) in [6.07, 6.45) is 4.24. The van der Waals surface area contributed by atoms with Crippen LogP contribution in [0.25, 0.3) is 0 Å². The Morgan fingerprint density at radius 3 is 2.67 bits per heavy atom.